The summed E-state index contributed by atoms with van der Waals surface area (Å²) in [6.07, 6.45) is 2.42. The van der Waals surface area contributed by atoms with Gasteiger partial charge in [0, 0.05) is 13.0 Å². The molecule has 1 atom stereocenters. The number of nitrogens with zero attached hydrogens (tertiary/aromatic N) is 2. The lowest BCUT2D eigenvalue weighted by molar-refractivity contribution is -0.0538. The van der Waals surface area contributed by atoms with E-state index in [0.29, 0.717) is 37.0 Å². The molecule has 7 nitrogen and oxygen atoms in total. The molecule has 1 aromatic rings. The lowest BCUT2D eigenvalue weighted by Gasteiger charge is -2.31. The lowest BCUT2D eigenvalue weighted by Crippen LogP contribution is -2.38. The number of carbonyl (C=O) groups is 1. The van der Waals surface area contributed by atoms with Crippen molar-refractivity contribution >= 4 is 12.4 Å². The Morgan fingerprint density at radius 1 is 1.40 bits per heavy atom. The second-order valence-corrected chi connectivity index (χ2v) is 6.36. The van der Waals surface area contributed by atoms with Crippen molar-refractivity contribution in [1.29, 1.82) is 0 Å². The van der Waals surface area contributed by atoms with Crippen molar-refractivity contribution in [3.05, 3.63) is 23.8 Å². The van der Waals surface area contributed by atoms with Gasteiger partial charge in [0.25, 0.3) is 0 Å². The maximum Gasteiger partial charge on any atom is 0.507 e. The molecule has 1 aliphatic rings. The van der Waals surface area contributed by atoms with Crippen LogP contribution in [0.4, 0.5) is 4.79 Å². The van der Waals surface area contributed by atoms with E-state index in [2.05, 4.69) is 18.9 Å². The van der Waals surface area contributed by atoms with E-state index in [9.17, 15) is 4.79 Å². The zero-order valence-corrected chi connectivity index (χ0v) is 15.0. The molecule has 1 aliphatic heterocycles. The minimum atomic E-state index is -1.28. The molecule has 1 N–H and O–H groups in total. The van der Waals surface area contributed by atoms with Crippen LogP contribution in [-0.4, -0.2) is 49.0 Å². The molecule has 0 radical (unpaired) electrons. The minimum absolute atomic E-state index is 0.407. The predicted octanol–water partition coefficient (Wildman–Crippen LogP) is 3.57. The van der Waals surface area contributed by atoms with E-state index < -0.39 is 12.4 Å². The molecule has 0 aliphatic carbocycles. The molecular formula is C18H26N2O5. The molecule has 1 aromatic carbocycles. The highest BCUT2D eigenvalue weighted by Crippen LogP contribution is 2.28. The second kappa shape index (κ2) is 9.15. The maximum atomic E-state index is 10.8. The van der Waals surface area contributed by atoms with Crippen LogP contribution < -0.4 is 9.47 Å². The van der Waals surface area contributed by atoms with E-state index in [0.717, 1.165) is 18.4 Å². The van der Waals surface area contributed by atoms with E-state index in [1.807, 2.05) is 18.2 Å². The van der Waals surface area contributed by atoms with Crippen molar-refractivity contribution in [1.82, 2.24) is 5.01 Å². The summed E-state index contributed by atoms with van der Waals surface area (Å²) in [5.41, 5.74) is 0.846. The number of carboxylic acid groups (broad SMARTS) is 1. The summed E-state index contributed by atoms with van der Waals surface area (Å²) < 4.78 is 16.0. The Balaban J connectivity index is 2.10. The average Bonchev–Trinajstić information content (AvgIpc) is 2.58. The van der Waals surface area contributed by atoms with E-state index in [-0.39, 0.29) is 0 Å². The molecule has 0 spiro atoms. The summed E-state index contributed by atoms with van der Waals surface area (Å²) in [6.45, 7) is 5.42. The molecule has 0 aromatic heterocycles. The molecule has 0 bridgehead atoms. The van der Waals surface area contributed by atoms with Crippen molar-refractivity contribution in [2.75, 3.05) is 20.3 Å². The molecule has 1 saturated heterocycles. The van der Waals surface area contributed by atoms with E-state index in [1.165, 1.54) is 0 Å². The Morgan fingerprint density at radius 2 is 2.20 bits per heavy atom. The van der Waals surface area contributed by atoms with Gasteiger partial charge in [0.2, 0.25) is 0 Å². The quantitative estimate of drug-likeness (QED) is 0.598. The van der Waals surface area contributed by atoms with Crippen molar-refractivity contribution in [3.63, 3.8) is 0 Å². The van der Waals surface area contributed by atoms with Crippen LogP contribution in [-0.2, 0) is 4.74 Å². The minimum Gasteiger partial charge on any atom is -0.493 e. The van der Waals surface area contributed by atoms with Crippen LogP contribution in [0.15, 0.2) is 23.3 Å². The number of hydrazone groups is 1. The molecule has 1 unspecified atom stereocenters. The Kier molecular flexibility index (Phi) is 6.91. The van der Waals surface area contributed by atoms with Gasteiger partial charge in [0.1, 0.15) is 0 Å². The van der Waals surface area contributed by atoms with Gasteiger partial charge in [0.15, 0.2) is 17.7 Å². The zero-order valence-electron chi connectivity index (χ0n) is 15.0. The molecule has 2 rings (SSSR count). The van der Waals surface area contributed by atoms with Crippen molar-refractivity contribution in [2.24, 2.45) is 11.0 Å². The first kappa shape index (κ1) is 18.9. The molecule has 7 heteroatoms. The highest BCUT2D eigenvalue weighted by Gasteiger charge is 2.24. The smallest absolute Gasteiger partial charge is 0.493 e. The fourth-order valence-electron chi connectivity index (χ4n) is 2.54. The van der Waals surface area contributed by atoms with Crippen molar-refractivity contribution < 1.29 is 24.1 Å². The van der Waals surface area contributed by atoms with Gasteiger partial charge in [-0.25, -0.2) is 4.79 Å². The van der Waals surface area contributed by atoms with Crippen LogP contribution in [0, 0.1) is 5.92 Å². The molecular weight excluding hydrogens is 324 g/mol. The van der Waals surface area contributed by atoms with Gasteiger partial charge < -0.3 is 19.3 Å². The van der Waals surface area contributed by atoms with E-state index in [4.69, 9.17) is 19.3 Å². The Hall–Kier alpha value is -2.44. The molecule has 1 heterocycles. The van der Waals surface area contributed by atoms with E-state index >= 15 is 0 Å². The lowest BCUT2D eigenvalue weighted by atomic mass is 10.1. The van der Waals surface area contributed by atoms with Gasteiger partial charge >= 0.3 is 6.16 Å². The van der Waals surface area contributed by atoms with E-state index in [1.54, 1.807) is 18.3 Å². The number of benzene rings is 1. The van der Waals surface area contributed by atoms with Gasteiger partial charge in [-0.15, -0.1) is 0 Å². The number of hydrogen-bond donors (Lipinski definition) is 1. The van der Waals surface area contributed by atoms with Gasteiger partial charge in [0.05, 0.1) is 19.9 Å². The zero-order chi connectivity index (χ0) is 18.2. The van der Waals surface area contributed by atoms with Gasteiger partial charge in [-0.2, -0.15) is 5.10 Å². The third-order valence-electron chi connectivity index (χ3n) is 3.77. The molecule has 1 fully saturated rings. The predicted molar refractivity (Wildman–Crippen MR) is 94.4 cm³/mol. The van der Waals surface area contributed by atoms with Gasteiger partial charge in [-0.1, -0.05) is 13.8 Å². The van der Waals surface area contributed by atoms with Crippen LogP contribution in [0.5, 0.6) is 11.5 Å². The monoisotopic (exact) mass is 350 g/mol. The number of methoxy groups -OCH3 is 1. The van der Waals surface area contributed by atoms with Gasteiger partial charge in [-0.3, -0.25) is 5.01 Å². The Bertz CT molecular complexity index is 603. The number of hydrogen-bond acceptors (Lipinski definition) is 6. The summed E-state index contributed by atoms with van der Waals surface area (Å²) in [7, 11) is 1.60. The SMILES string of the molecule is COc1ccc(C=NN2CCCCC2OC(=O)O)cc1OCC(C)C. The molecule has 0 saturated carbocycles. The van der Waals surface area contributed by atoms with Crippen LogP contribution in [0.1, 0.15) is 38.7 Å². The first-order valence-electron chi connectivity index (χ1n) is 8.50. The van der Waals surface area contributed by atoms with Crippen molar-refractivity contribution in [2.45, 2.75) is 39.3 Å². The molecule has 0 amide bonds. The number of ether oxygens (including phenoxy) is 3. The fraction of sp³-hybridized carbons (Fsp3) is 0.556. The number of rotatable bonds is 7. The summed E-state index contributed by atoms with van der Waals surface area (Å²) in [6, 6.07) is 5.57. The third-order valence-corrected chi connectivity index (χ3v) is 3.77. The summed E-state index contributed by atoms with van der Waals surface area (Å²) >= 11 is 0. The Labute approximate surface area is 148 Å². The third kappa shape index (κ3) is 5.85. The number of piperidine rings is 1. The molecule has 138 valence electrons. The summed E-state index contributed by atoms with van der Waals surface area (Å²) in [4.78, 5) is 10.8. The van der Waals surface area contributed by atoms with Crippen LogP contribution in [0.3, 0.4) is 0 Å². The van der Waals surface area contributed by atoms with Crippen LogP contribution >= 0.6 is 0 Å². The Morgan fingerprint density at radius 3 is 2.88 bits per heavy atom. The fourth-order valence-corrected chi connectivity index (χ4v) is 2.54. The largest absolute Gasteiger partial charge is 0.507 e. The topological polar surface area (TPSA) is 80.6 Å². The highest BCUT2D eigenvalue weighted by atomic mass is 16.7. The highest BCUT2D eigenvalue weighted by molar-refractivity contribution is 5.80. The summed E-state index contributed by atoms with van der Waals surface area (Å²) in [5.74, 6) is 1.74. The van der Waals surface area contributed by atoms with Gasteiger partial charge in [-0.05, 0) is 42.5 Å². The second-order valence-electron chi connectivity index (χ2n) is 6.36. The maximum absolute atomic E-state index is 10.8. The summed E-state index contributed by atoms with van der Waals surface area (Å²) in [5, 5.41) is 14.9. The normalized spacial score (nSPS) is 17.8. The van der Waals surface area contributed by atoms with Crippen LogP contribution in [0.25, 0.3) is 0 Å². The average molecular weight is 350 g/mol. The standard InChI is InChI=1S/C18H26N2O5/c1-13(2)12-24-16-10-14(7-8-15(16)23-3)11-19-20-9-5-4-6-17(20)25-18(21)22/h7-8,10-11,13,17H,4-6,9,12H2,1-3H3,(H,21,22). The van der Waals surface area contributed by atoms with Crippen LogP contribution in [0.2, 0.25) is 0 Å². The molecule has 25 heavy (non-hydrogen) atoms. The first-order chi connectivity index (χ1) is 12.0. The first-order valence-corrected chi connectivity index (χ1v) is 8.50. The van der Waals surface area contributed by atoms with Crippen molar-refractivity contribution in [3.8, 4) is 11.5 Å².